The van der Waals surface area contributed by atoms with Crippen LogP contribution in [-0.2, 0) is 13.2 Å². The van der Waals surface area contributed by atoms with Crippen LogP contribution in [0, 0.1) is 0 Å². The van der Waals surface area contributed by atoms with Crippen LogP contribution >= 0.6 is 0 Å². The van der Waals surface area contributed by atoms with Crippen LogP contribution in [-0.4, -0.2) is 16.2 Å². The predicted octanol–water partition coefficient (Wildman–Crippen LogP) is 5.47. The van der Waals surface area contributed by atoms with E-state index in [1.165, 1.54) is 0 Å². The lowest BCUT2D eigenvalue weighted by Gasteiger charge is -2.11. The molecule has 0 spiro atoms. The number of imidazole rings is 1. The number of rotatable bonds is 9. The van der Waals surface area contributed by atoms with Gasteiger partial charge in [0, 0.05) is 6.54 Å². The highest BCUT2D eigenvalue weighted by molar-refractivity contribution is 5.75. The molecule has 0 amide bonds. The molecule has 1 heterocycles. The van der Waals surface area contributed by atoms with Gasteiger partial charge in [0.15, 0.2) is 0 Å². The van der Waals surface area contributed by atoms with Crippen LogP contribution in [0.15, 0.2) is 84.9 Å². The number of aromatic nitrogens is 2. The number of benzene rings is 3. The predicted molar refractivity (Wildman–Crippen MR) is 112 cm³/mol. The summed E-state index contributed by atoms with van der Waals surface area (Å²) in [6.07, 6.45) is 2.01. The fraction of sp³-hybridized carbons (Fsp3) is 0.208. The Morgan fingerprint density at radius 2 is 1.32 bits per heavy atom. The third kappa shape index (κ3) is 4.52. The molecule has 0 aliphatic rings. The molecule has 0 radical (unpaired) electrons. The van der Waals surface area contributed by atoms with Gasteiger partial charge in [0.2, 0.25) is 0 Å². The SMILES string of the molecule is c1ccc(OCCCCn2c(COc3ccccc3)nc3ccccc32)cc1. The van der Waals surface area contributed by atoms with E-state index >= 15 is 0 Å². The molecule has 28 heavy (non-hydrogen) atoms. The Labute approximate surface area is 165 Å². The number of nitrogens with zero attached hydrogens (tertiary/aromatic N) is 2. The second kappa shape index (κ2) is 9.09. The van der Waals surface area contributed by atoms with Crippen LogP contribution in [0.5, 0.6) is 11.5 Å². The summed E-state index contributed by atoms with van der Waals surface area (Å²) in [6.45, 7) is 2.07. The van der Waals surface area contributed by atoms with Crippen LogP contribution in [0.4, 0.5) is 0 Å². The minimum atomic E-state index is 0.458. The van der Waals surface area contributed by atoms with E-state index in [9.17, 15) is 0 Å². The van der Waals surface area contributed by atoms with Gasteiger partial charge in [-0.05, 0) is 49.2 Å². The molecule has 0 fully saturated rings. The van der Waals surface area contributed by atoms with Crippen molar-refractivity contribution in [2.75, 3.05) is 6.61 Å². The molecule has 0 bridgehead atoms. The van der Waals surface area contributed by atoms with Gasteiger partial charge in [-0.1, -0.05) is 48.5 Å². The minimum Gasteiger partial charge on any atom is -0.494 e. The average Bonchev–Trinajstić information content (AvgIpc) is 3.11. The maximum absolute atomic E-state index is 5.94. The van der Waals surface area contributed by atoms with E-state index in [-0.39, 0.29) is 0 Å². The van der Waals surface area contributed by atoms with Crippen LogP contribution in [0.1, 0.15) is 18.7 Å². The normalized spacial score (nSPS) is 10.9. The van der Waals surface area contributed by atoms with Crippen LogP contribution in [0.3, 0.4) is 0 Å². The zero-order chi connectivity index (χ0) is 19.0. The highest BCUT2D eigenvalue weighted by atomic mass is 16.5. The van der Waals surface area contributed by atoms with E-state index in [2.05, 4.69) is 22.8 Å². The molecule has 0 N–H and O–H groups in total. The summed E-state index contributed by atoms with van der Waals surface area (Å²) < 4.78 is 14.0. The molecule has 4 aromatic rings. The second-order valence-corrected chi connectivity index (χ2v) is 6.64. The summed E-state index contributed by atoms with van der Waals surface area (Å²) in [4.78, 5) is 4.78. The van der Waals surface area contributed by atoms with Crippen molar-refractivity contribution in [3.05, 3.63) is 90.8 Å². The molecule has 4 rings (SSSR count). The molecule has 4 heteroatoms. The Hall–Kier alpha value is -3.27. The smallest absolute Gasteiger partial charge is 0.147 e. The van der Waals surface area contributed by atoms with Crippen LogP contribution in [0.25, 0.3) is 11.0 Å². The quantitative estimate of drug-likeness (QED) is 0.365. The fourth-order valence-electron chi connectivity index (χ4n) is 3.23. The van der Waals surface area contributed by atoms with Gasteiger partial charge >= 0.3 is 0 Å². The molecule has 0 unspecified atom stereocenters. The first-order valence-electron chi connectivity index (χ1n) is 9.70. The molecule has 0 saturated heterocycles. The van der Waals surface area contributed by atoms with Crippen molar-refractivity contribution in [1.82, 2.24) is 9.55 Å². The lowest BCUT2D eigenvalue weighted by atomic mass is 10.3. The van der Waals surface area contributed by atoms with E-state index in [0.717, 1.165) is 47.7 Å². The van der Waals surface area contributed by atoms with Crippen molar-refractivity contribution in [2.45, 2.75) is 26.0 Å². The Balaban J connectivity index is 1.38. The largest absolute Gasteiger partial charge is 0.494 e. The fourth-order valence-corrected chi connectivity index (χ4v) is 3.23. The first kappa shape index (κ1) is 18.1. The number of hydrogen-bond donors (Lipinski definition) is 0. The molecular formula is C24H24N2O2. The molecule has 3 aromatic carbocycles. The van der Waals surface area contributed by atoms with Crippen molar-refractivity contribution < 1.29 is 9.47 Å². The average molecular weight is 372 g/mol. The Morgan fingerprint density at radius 3 is 2.07 bits per heavy atom. The first-order chi connectivity index (χ1) is 13.9. The maximum atomic E-state index is 5.94. The van der Waals surface area contributed by atoms with Crippen molar-refractivity contribution in [3.63, 3.8) is 0 Å². The summed E-state index contributed by atoms with van der Waals surface area (Å²) in [5, 5.41) is 0. The van der Waals surface area contributed by atoms with Gasteiger partial charge in [-0.15, -0.1) is 0 Å². The minimum absolute atomic E-state index is 0.458. The van der Waals surface area contributed by atoms with E-state index in [1.54, 1.807) is 0 Å². The second-order valence-electron chi connectivity index (χ2n) is 6.64. The zero-order valence-electron chi connectivity index (χ0n) is 15.8. The first-order valence-corrected chi connectivity index (χ1v) is 9.70. The molecular weight excluding hydrogens is 348 g/mol. The van der Waals surface area contributed by atoms with Crippen LogP contribution in [0.2, 0.25) is 0 Å². The Bertz CT molecular complexity index is 997. The molecule has 0 atom stereocenters. The molecule has 142 valence electrons. The summed E-state index contributed by atoms with van der Waals surface area (Å²) in [5.74, 6) is 2.74. The highest BCUT2D eigenvalue weighted by Gasteiger charge is 2.11. The van der Waals surface area contributed by atoms with Crippen molar-refractivity contribution in [1.29, 1.82) is 0 Å². The molecule has 4 nitrogen and oxygen atoms in total. The summed E-state index contributed by atoms with van der Waals surface area (Å²) in [5.41, 5.74) is 2.16. The van der Waals surface area contributed by atoms with Gasteiger partial charge in [0.05, 0.1) is 17.6 Å². The monoisotopic (exact) mass is 372 g/mol. The number of fused-ring (bicyclic) bond motifs is 1. The topological polar surface area (TPSA) is 36.3 Å². The number of aryl methyl sites for hydroxylation is 1. The summed E-state index contributed by atoms with van der Waals surface area (Å²) in [6, 6.07) is 28.1. The number of hydrogen-bond acceptors (Lipinski definition) is 3. The lowest BCUT2D eigenvalue weighted by Crippen LogP contribution is -2.08. The molecule has 1 aromatic heterocycles. The number of para-hydroxylation sites is 4. The number of ether oxygens (including phenoxy) is 2. The van der Waals surface area contributed by atoms with Crippen LogP contribution < -0.4 is 9.47 Å². The van der Waals surface area contributed by atoms with E-state index < -0.39 is 0 Å². The molecule has 0 saturated carbocycles. The standard InChI is InChI=1S/C24H24N2O2/c1-3-11-20(12-4-1)27-18-10-9-17-26-23-16-8-7-15-22(23)25-24(26)19-28-21-13-5-2-6-14-21/h1-8,11-16H,9-10,17-19H2. The van der Waals surface area contributed by atoms with Crippen molar-refractivity contribution in [2.24, 2.45) is 0 Å². The van der Waals surface area contributed by atoms with Gasteiger partial charge < -0.3 is 14.0 Å². The Morgan fingerprint density at radius 1 is 0.679 bits per heavy atom. The van der Waals surface area contributed by atoms with Crippen molar-refractivity contribution in [3.8, 4) is 11.5 Å². The molecule has 0 aliphatic carbocycles. The van der Waals surface area contributed by atoms with Gasteiger partial charge in [-0.2, -0.15) is 0 Å². The third-order valence-electron chi connectivity index (χ3n) is 4.63. The Kier molecular flexibility index (Phi) is 5.88. The van der Waals surface area contributed by atoms with Gasteiger partial charge in [0.1, 0.15) is 23.9 Å². The van der Waals surface area contributed by atoms with E-state index in [4.69, 9.17) is 14.5 Å². The summed E-state index contributed by atoms with van der Waals surface area (Å²) in [7, 11) is 0. The lowest BCUT2D eigenvalue weighted by molar-refractivity contribution is 0.285. The van der Waals surface area contributed by atoms with Gasteiger partial charge in [-0.3, -0.25) is 0 Å². The van der Waals surface area contributed by atoms with Gasteiger partial charge in [-0.25, -0.2) is 4.98 Å². The summed E-state index contributed by atoms with van der Waals surface area (Å²) >= 11 is 0. The van der Waals surface area contributed by atoms with E-state index in [0.29, 0.717) is 13.2 Å². The number of unbranched alkanes of at least 4 members (excludes halogenated alkanes) is 1. The maximum Gasteiger partial charge on any atom is 0.147 e. The highest BCUT2D eigenvalue weighted by Crippen LogP contribution is 2.19. The zero-order valence-corrected chi connectivity index (χ0v) is 15.8. The van der Waals surface area contributed by atoms with Gasteiger partial charge in [0.25, 0.3) is 0 Å². The third-order valence-corrected chi connectivity index (χ3v) is 4.63. The molecule has 0 aliphatic heterocycles. The van der Waals surface area contributed by atoms with Crippen molar-refractivity contribution >= 4 is 11.0 Å². The van der Waals surface area contributed by atoms with E-state index in [1.807, 2.05) is 66.7 Å².